The zero-order valence-electron chi connectivity index (χ0n) is 11.4. The average Bonchev–Trinajstić information content (AvgIpc) is 2.52. The fraction of sp³-hybridized carbons (Fsp3) is 0.214. The SMILES string of the molecule is COC(=O)[C@H](Sc1nccc(C(F)(F)F)n1)c1ccccc1. The van der Waals surface area contributed by atoms with Gasteiger partial charge in [0.25, 0.3) is 0 Å². The van der Waals surface area contributed by atoms with E-state index in [2.05, 4.69) is 9.97 Å². The van der Waals surface area contributed by atoms with Crippen molar-refractivity contribution in [2.45, 2.75) is 16.6 Å². The van der Waals surface area contributed by atoms with Gasteiger partial charge in [0.15, 0.2) is 5.16 Å². The summed E-state index contributed by atoms with van der Waals surface area (Å²) in [7, 11) is 1.21. The summed E-state index contributed by atoms with van der Waals surface area (Å²) in [5.74, 6) is -0.586. The third-order valence-corrected chi connectivity index (χ3v) is 3.77. The van der Waals surface area contributed by atoms with E-state index in [1.807, 2.05) is 0 Å². The van der Waals surface area contributed by atoms with E-state index < -0.39 is 23.1 Å². The number of alkyl halides is 3. The van der Waals surface area contributed by atoms with Gasteiger partial charge in [-0.2, -0.15) is 13.2 Å². The summed E-state index contributed by atoms with van der Waals surface area (Å²) in [4.78, 5) is 19.1. The number of thioether (sulfide) groups is 1. The molecule has 0 radical (unpaired) electrons. The summed E-state index contributed by atoms with van der Waals surface area (Å²) in [5.41, 5.74) is -0.456. The smallest absolute Gasteiger partial charge is 0.433 e. The lowest BCUT2D eigenvalue weighted by Crippen LogP contribution is -2.13. The van der Waals surface area contributed by atoms with Gasteiger partial charge in [-0.3, -0.25) is 4.79 Å². The summed E-state index contributed by atoms with van der Waals surface area (Å²) in [6, 6.07) is 9.35. The van der Waals surface area contributed by atoms with Crippen LogP contribution in [0.15, 0.2) is 47.8 Å². The van der Waals surface area contributed by atoms with Crippen molar-refractivity contribution < 1.29 is 22.7 Å². The maximum atomic E-state index is 12.7. The standard InChI is InChI=1S/C14H11F3N2O2S/c1-21-12(20)11(9-5-3-2-4-6-9)22-13-18-8-7-10(19-13)14(15,16)17/h2-8,11H,1H3/t11-/m1/s1. The van der Waals surface area contributed by atoms with Crippen molar-refractivity contribution in [2.24, 2.45) is 0 Å². The van der Waals surface area contributed by atoms with Crippen molar-refractivity contribution in [1.29, 1.82) is 0 Å². The monoisotopic (exact) mass is 328 g/mol. The first kappa shape index (κ1) is 16.3. The first-order chi connectivity index (χ1) is 10.4. The van der Waals surface area contributed by atoms with E-state index in [1.54, 1.807) is 30.3 Å². The molecule has 0 fully saturated rings. The molecule has 0 aliphatic rings. The molecule has 0 aliphatic heterocycles. The number of aromatic nitrogens is 2. The zero-order valence-corrected chi connectivity index (χ0v) is 12.2. The zero-order chi connectivity index (χ0) is 16.2. The molecule has 0 N–H and O–H groups in total. The minimum Gasteiger partial charge on any atom is -0.468 e. The number of hydrogen-bond acceptors (Lipinski definition) is 5. The molecule has 8 heteroatoms. The van der Waals surface area contributed by atoms with Crippen LogP contribution in [0.5, 0.6) is 0 Å². The van der Waals surface area contributed by atoms with Crippen LogP contribution in [0.3, 0.4) is 0 Å². The maximum Gasteiger partial charge on any atom is 0.433 e. The molecule has 2 rings (SSSR count). The van der Waals surface area contributed by atoms with Gasteiger partial charge in [0.2, 0.25) is 0 Å². The highest BCUT2D eigenvalue weighted by atomic mass is 32.2. The van der Waals surface area contributed by atoms with Crippen LogP contribution in [0.2, 0.25) is 0 Å². The number of carbonyl (C=O) groups excluding carboxylic acids is 1. The minimum absolute atomic E-state index is 0.144. The highest BCUT2D eigenvalue weighted by Gasteiger charge is 2.33. The summed E-state index contributed by atoms with van der Waals surface area (Å²) in [5, 5.41) is -0.983. The number of ether oxygens (including phenoxy) is 1. The second kappa shape index (κ2) is 6.78. The third kappa shape index (κ3) is 3.97. The van der Waals surface area contributed by atoms with Crippen LogP contribution in [-0.2, 0) is 15.7 Å². The molecule has 116 valence electrons. The Morgan fingerprint density at radius 3 is 2.50 bits per heavy atom. The number of nitrogens with zero attached hydrogens (tertiary/aromatic N) is 2. The van der Waals surface area contributed by atoms with Crippen molar-refractivity contribution >= 4 is 17.7 Å². The molecule has 1 aromatic heterocycles. The Hall–Kier alpha value is -2.09. The molecule has 0 unspecified atom stereocenters. The van der Waals surface area contributed by atoms with Gasteiger partial charge in [-0.25, -0.2) is 9.97 Å². The first-order valence-electron chi connectivity index (χ1n) is 6.11. The predicted octanol–water partition coefficient (Wildman–Crippen LogP) is 3.50. The highest BCUT2D eigenvalue weighted by Crippen LogP contribution is 2.35. The fourth-order valence-corrected chi connectivity index (χ4v) is 2.62. The highest BCUT2D eigenvalue weighted by molar-refractivity contribution is 8.00. The Morgan fingerprint density at radius 1 is 1.23 bits per heavy atom. The number of rotatable bonds is 4. The summed E-state index contributed by atoms with van der Waals surface area (Å²) in [6.45, 7) is 0. The quantitative estimate of drug-likeness (QED) is 0.488. The second-order valence-corrected chi connectivity index (χ2v) is 5.23. The molecular weight excluding hydrogens is 317 g/mol. The van der Waals surface area contributed by atoms with Gasteiger partial charge in [-0.15, -0.1) is 0 Å². The third-order valence-electron chi connectivity index (χ3n) is 2.66. The van der Waals surface area contributed by atoms with Crippen LogP contribution < -0.4 is 0 Å². The number of benzene rings is 1. The van der Waals surface area contributed by atoms with Crippen LogP contribution in [0.4, 0.5) is 13.2 Å². The van der Waals surface area contributed by atoms with Gasteiger partial charge < -0.3 is 4.74 Å². The molecule has 22 heavy (non-hydrogen) atoms. The lowest BCUT2D eigenvalue weighted by molar-refractivity contribution is -0.141. The van der Waals surface area contributed by atoms with Crippen LogP contribution in [-0.4, -0.2) is 23.0 Å². The fourth-order valence-electron chi connectivity index (χ4n) is 1.65. The van der Waals surface area contributed by atoms with Gasteiger partial charge in [0.05, 0.1) is 7.11 Å². The molecule has 1 aromatic carbocycles. The lowest BCUT2D eigenvalue weighted by atomic mass is 10.1. The second-order valence-electron chi connectivity index (χ2n) is 4.15. The Bertz CT molecular complexity index is 650. The molecule has 0 aliphatic carbocycles. The van der Waals surface area contributed by atoms with Gasteiger partial charge in [0, 0.05) is 6.20 Å². The van der Waals surface area contributed by atoms with E-state index in [4.69, 9.17) is 4.74 Å². The summed E-state index contributed by atoms with van der Waals surface area (Å²) >= 11 is 0.808. The molecule has 0 saturated carbocycles. The molecule has 0 bridgehead atoms. The van der Waals surface area contributed by atoms with Crippen LogP contribution in [0.1, 0.15) is 16.5 Å². The number of halogens is 3. The van der Waals surface area contributed by atoms with Crippen LogP contribution >= 0.6 is 11.8 Å². The van der Waals surface area contributed by atoms with Crippen molar-refractivity contribution in [3.05, 3.63) is 53.9 Å². The molecule has 2 aromatic rings. The van der Waals surface area contributed by atoms with Crippen molar-refractivity contribution in [2.75, 3.05) is 7.11 Å². The molecule has 1 atom stereocenters. The topological polar surface area (TPSA) is 52.1 Å². The van der Waals surface area contributed by atoms with E-state index in [1.165, 1.54) is 7.11 Å². The van der Waals surface area contributed by atoms with E-state index in [0.29, 0.717) is 5.56 Å². The number of hydrogen-bond donors (Lipinski definition) is 0. The normalized spacial score (nSPS) is 12.7. The molecule has 4 nitrogen and oxygen atoms in total. The van der Waals surface area contributed by atoms with Crippen molar-refractivity contribution in [3.63, 3.8) is 0 Å². The van der Waals surface area contributed by atoms with Gasteiger partial charge in [-0.05, 0) is 11.6 Å². The summed E-state index contributed by atoms with van der Waals surface area (Å²) < 4.78 is 42.7. The first-order valence-corrected chi connectivity index (χ1v) is 6.99. The Labute approximate surface area is 128 Å². The van der Waals surface area contributed by atoms with E-state index in [9.17, 15) is 18.0 Å². The number of esters is 1. The Kier molecular flexibility index (Phi) is 5.02. The number of methoxy groups -OCH3 is 1. The van der Waals surface area contributed by atoms with Gasteiger partial charge in [0.1, 0.15) is 10.9 Å². The minimum atomic E-state index is -4.56. The van der Waals surface area contributed by atoms with Crippen molar-refractivity contribution in [3.8, 4) is 0 Å². The van der Waals surface area contributed by atoms with E-state index in [0.717, 1.165) is 24.0 Å². The largest absolute Gasteiger partial charge is 0.468 e. The lowest BCUT2D eigenvalue weighted by Gasteiger charge is -2.14. The molecule has 0 saturated heterocycles. The maximum absolute atomic E-state index is 12.7. The molecule has 1 heterocycles. The van der Waals surface area contributed by atoms with Crippen molar-refractivity contribution in [1.82, 2.24) is 9.97 Å². The molecule has 0 spiro atoms. The molecule has 0 amide bonds. The predicted molar refractivity (Wildman–Crippen MR) is 74.1 cm³/mol. The summed E-state index contributed by atoms with van der Waals surface area (Å²) in [6.07, 6.45) is -3.55. The van der Waals surface area contributed by atoms with Crippen LogP contribution in [0, 0.1) is 0 Å². The average molecular weight is 328 g/mol. The molecular formula is C14H11F3N2O2S. The number of carbonyl (C=O) groups is 1. The Morgan fingerprint density at radius 2 is 1.91 bits per heavy atom. The van der Waals surface area contributed by atoms with Gasteiger partial charge in [-0.1, -0.05) is 42.1 Å². The van der Waals surface area contributed by atoms with Gasteiger partial charge >= 0.3 is 12.1 Å². The van der Waals surface area contributed by atoms with Crippen LogP contribution in [0.25, 0.3) is 0 Å². The van der Waals surface area contributed by atoms with E-state index in [-0.39, 0.29) is 5.16 Å². The van der Waals surface area contributed by atoms with E-state index >= 15 is 0 Å². The Balaban J connectivity index is 2.30.